The van der Waals surface area contributed by atoms with E-state index in [1.165, 1.54) is 0 Å². The summed E-state index contributed by atoms with van der Waals surface area (Å²) in [7, 11) is 0. The third-order valence-corrected chi connectivity index (χ3v) is 0. The zero-order valence-electron chi connectivity index (χ0n) is 0.908. The van der Waals surface area contributed by atoms with Crippen LogP contribution in [-0.4, -0.2) is 51.4 Å². The average molecular weight is 232 g/mol. The maximum atomic E-state index is 0. The van der Waals surface area contributed by atoms with Crippen LogP contribution in [0, 0.1) is 0 Å². The fourth-order valence-electron chi connectivity index (χ4n) is 0. The van der Waals surface area contributed by atoms with Crippen LogP contribution in [-0.2, 0) is 43.6 Å². The molecular formula is H9AlCrMgSiZr. The van der Waals surface area contributed by atoms with E-state index in [1.807, 2.05) is 0 Å². The number of rotatable bonds is 0. The molecule has 0 N–H and O–H groups in total. The van der Waals surface area contributed by atoms with Gasteiger partial charge in [0.05, 0.1) is 0 Å². The molecule has 0 saturated carbocycles. The standard InChI is InChI=1S/Al.Cr.Mg.H4Si.Zr.5H/h;;;1H4;;;;;;. The maximum Gasteiger partial charge on any atom is 0.316 e. The SMILES string of the molecule is [AlH3].[Cr].[MgH2].[SiH4].[Zr]. The molecule has 0 atom stereocenters. The Labute approximate surface area is 93.4 Å². The maximum absolute atomic E-state index is 0. The first kappa shape index (κ1) is 44.3. The van der Waals surface area contributed by atoms with Gasteiger partial charge in [-0.25, -0.2) is 0 Å². The Bertz CT molecular complexity index is 11.6. The predicted molar refractivity (Wildman–Crippen MR) is 29.8 cm³/mol. The molecule has 0 aromatic carbocycles. The van der Waals surface area contributed by atoms with Crippen LogP contribution in [0.3, 0.4) is 0 Å². The van der Waals surface area contributed by atoms with Crippen molar-refractivity contribution in [3.05, 3.63) is 0 Å². The van der Waals surface area contributed by atoms with Crippen molar-refractivity contribution in [2.24, 2.45) is 0 Å². The molecule has 0 rings (SSSR count). The summed E-state index contributed by atoms with van der Waals surface area (Å²) in [6.07, 6.45) is 0. The van der Waals surface area contributed by atoms with Crippen LogP contribution in [0.1, 0.15) is 0 Å². The Kier molecular flexibility index (Phi) is 252. The average Bonchev–Trinajstić information content (AvgIpc) is 0. The summed E-state index contributed by atoms with van der Waals surface area (Å²) in [6, 6.07) is 0. The van der Waals surface area contributed by atoms with Crippen LogP contribution in [0.25, 0.3) is 0 Å². The van der Waals surface area contributed by atoms with Crippen molar-refractivity contribution in [2.45, 2.75) is 0 Å². The monoisotopic (exact) mass is 230 g/mol. The predicted octanol–water partition coefficient (Wildman–Crippen LogP) is -3.56. The summed E-state index contributed by atoms with van der Waals surface area (Å²) in [5, 5.41) is 0. The van der Waals surface area contributed by atoms with Crippen molar-refractivity contribution < 1.29 is 43.6 Å². The van der Waals surface area contributed by atoms with Crippen molar-refractivity contribution in [2.75, 3.05) is 0 Å². The molecule has 0 heterocycles. The molecule has 5 heavy (non-hydrogen) atoms. The van der Waals surface area contributed by atoms with Gasteiger partial charge in [0.2, 0.25) is 0 Å². The zero-order chi connectivity index (χ0) is 0. The second-order valence-corrected chi connectivity index (χ2v) is 0. The summed E-state index contributed by atoms with van der Waals surface area (Å²) in [6.45, 7) is 0. The summed E-state index contributed by atoms with van der Waals surface area (Å²) in [4.78, 5) is 0. The normalized spacial score (nSPS) is 0. The van der Waals surface area contributed by atoms with E-state index in [4.69, 9.17) is 0 Å². The Balaban J connectivity index is 0. The van der Waals surface area contributed by atoms with Crippen molar-refractivity contribution in [1.29, 1.82) is 0 Å². The van der Waals surface area contributed by atoms with E-state index in [0.717, 1.165) is 0 Å². The molecule has 0 saturated heterocycles. The van der Waals surface area contributed by atoms with Crippen molar-refractivity contribution in [3.63, 3.8) is 0 Å². The molecule has 0 aliphatic rings. The molecule has 0 spiro atoms. The molecule has 0 unspecified atom stereocenters. The van der Waals surface area contributed by atoms with Crippen LogP contribution in [0.4, 0.5) is 0 Å². The molecule has 0 amide bonds. The summed E-state index contributed by atoms with van der Waals surface area (Å²) in [5.74, 6) is 0. The van der Waals surface area contributed by atoms with Gasteiger partial charge in [-0.15, -0.1) is 0 Å². The number of hydrogen-bond acceptors (Lipinski definition) is 0. The Morgan fingerprint density at radius 1 is 1.00 bits per heavy atom. The zero-order valence-corrected chi connectivity index (χ0v) is 4.64. The molecule has 0 aliphatic heterocycles. The smallest absolute Gasteiger partial charge is 0.0149 e. The van der Waals surface area contributed by atoms with Crippen molar-refractivity contribution in [3.8, 4) is 0 Å². The topological polar surface area (TPSA) is 0 Å². The largest absolute Gasteiger partial charge is 0.316 e. The van der Waals surface area contributed by atoms with E-state index in [2.05, 4.69) is 0 Å². The van der Waals surface area contributed by atoms with Gasteiger partial charge in [0.1, 0.15) is 0 Å². The van der Waals surface area contributed by atoms with Gasteiger partial charge >= 0.3 is 23.1 Å². The van der Waals surface area contributed by atoms with Gasteiger partial charge in [-0.1, -0.05) is 0 Å². The number of hydrogen-bond donors (Lipinski definition) is 0. The first-order valence-electron chi connectivity index (χ1n) is 0. The third-order valence-electron chi connectivity index (χ3n) is 0. The van der Waals surface area contributed by atoms with Gasteiger partial charge in [-0.05, 0) is 11.0 Å². The Morgan fingerprint density at radius 3 is 1.00 bits per heavy atom. The van der Waals surface area contributed by atoms with Gasteiger partial charge < -0.3 is 0 Å². The summed E-state index contributed by atoms with van der Waals surface area (Å²) in [5.41, 5.74) is 0. The molecule has 0 aliphatic carbocycles. The quantitative estimate of drug-likeness (QED) is 0.379. The van der Waals surface area contributed by atoms with E-state index >= 15 is 0 Å². The minimum atomic E-state index is 0. The fourth-order valence-corrected chi connectivity index (χ4v) is 0. The molecule has 0 fully saturated rings. The van der Waals surface area contributed by atoms with E-state index in [9.17, 15) is 0 Å². The van der Waals surface area contributed by atoms with Crippen LogP contribution >= 0.6 is 0 Å². The van der Waals surface area contributed by atoms with E-state index < -0.39 is 0 Å². The van der Waals surface area contributed by atoms with Crippen LogP contribution in [0.2, 0.25) is 0 Å². The summed E-state index contributed by atoms with van der Waals surface area (Å²) < 4.78 is 0. The van der Waals surface area contributed by atoms with E-state index in [-0.39, 0.29) is 94.9 Å². The van der Waals surface area contributed by atoms with Crippen LogP contribution < -0.4 is 0 Å². The van der Waals surface area contributed by atoms with Gasteiger partial charge in [-0.2, -0.15) is 0 Å². The Morgan fingerprint density at radius 2 is 1.00 bits per heavy atom. The second-order valence-electron chi connectivity index (χ2n) is 0. The molecule has 0 bridgehead atoms. The minimum Gasteiger partial charge on any atom is -0.0149 e. The minimum absolute atomic E-state index is 0. The molecule has 0 aromatic rings. The van der Waals surface area contributed by atoms with E-state index in [1.54, 1.807) is 0 Å². The van der Waals surface area contributed by atoms with Gasteiger partial charge in [0.15, 0.2) is 17.4 Å². The second kappa shape index (κ2) is 28.4. The first-order chi connectivity index (χ1) is 0. The van der Waals surface area contributed by atoms with Gasteiger partial charge in [0.25, 0.3) is 0 Å². The Hall–Kier alpha value is 2.93. The van der Waals surface area contributed by atoms with Crippen molar-refractivity contribution in [1.82, 2.24) is 0 Å². The fraction of sp³-hybridized carbons (Fsp3) is 0. The summed E-state index contributed by atoms with van der Waals surface area (Å²) >= 11 is 0. The van der Waals surface area contributed by atoms with E-state index in [0.29, 0.717) is 0 Å². The van der Waals surface area contributed by atoms with Crippen LogP contribution in [0.15, 0.2) is 0 Å². The van der Waals surface area contributed by atoms with Crippen molar-refractivity contribution >= 4 is 51.4 Å². The van der Waals surface area contributed by atoms with Crippen LogP contribution in [0.5, 0.6) is 0 Å². The molecule has 28 valence electrons. The molecule has 0 radical (unpaired) electrons. The molecule has 5 heteroatoms. The first-order valence-corrected chi connectivity index (χ1v) is 0. The van der Waals surface area contributed by atoms with Gasteiger partial charge in [0, 0.05) is 43.6 Å². The van der Waals surface area contributed by atoms with Gasteiger partial charge in [-0.3, -0.25) is 0 Å². The molecule has 0 nitrogen and oxygen atoms in total. The third kappa shape index (κ3) is 19.6. The molecular weight excluding hydrogens is 223 g/mol. The molecule has 0 aromatic heterocycles.